The topological polar surface area (TPSA) is 55.2 Å². The Morgan fingerprint density at radius 2 is 2.21 bits per heavy atom. The highest BCUT2D eigenvalue weighted by atomic mass is 79.9. The third kappa shape index (κ3) is 2.60. The Bertz CT molecular complexity index is 584. The summed E-state index contributed by atoms with van der Waals surface area (Å²) in [4.78, 5) is 0. The number of halogens is 1. The van der Waals surface area contributed by atoms with Crippen LogP contribution in [0.15, 0.2) is 10.7 Å². The highest BCUT2D eigenvalue weighted by molar-refractivity contribution is 9.10. The number of rotatable bonds is 3. The zero-order valence-corrected chi connectivity index (χ0v) is 13.3. The monoisotopic (exact) mass is 347 g/mol. The molecule has 3 rings (SSSR count). The SMILES string of the molecule is Cn1cc(Br)c(CS(=O)(=O)N2CCC3CCC2C3)n1. The first-order chi connectivity index (χ1) is 8.95. The molecular formula is C12H18BrN3O2S. The van der Waals surface area contributed by atoms with Gasteiger partial charge in [0.15, 0.2) is 0 Å². The average molecular weight is 348 g/mol. The lowest BCUT2D eigenvalue weighted by atomic mass is 10.0. The number of piperidine rings is 1. The maximum atomic E-state index is 12.6. The first-order valence-corrected chi connectivity index (χ1v) is 9.03. The molecule has 2 atom stereocenters. The largest absolute Gasteiger partial charge is 0.274 e. The lowest BCUT2D eigenvalue weighted by Crippen LogP contribution is -2.43. The van der Waals surface area contributed by atoms with Gasteiger partial charge in [-0.05, 0) is 47.5 Å². The summed E-state index contributed by atoms with van der Waals surface area (Å²) in [6.07, 6.45) is 6.05. The Balaban J connectivity index is 1.81. The standard InChI is InChI=1S/C12H18BrN3O2S/c1-15-7-11(13)12(14-15)8-19(17,18)16-5-4-9-2-3-10(16)6-9/h7,9-10H,2-6,8H2,1H3. The van der Waals surface area contributed by atoms with Crippen molar-refractivity contribution in [2.75, 3.05) is 6.54 Å². The number of sulfonamides is 1. The van der Waals surface area contributed by atoms with Crippen molar-refractivity contribution in [2.45, 2.75) is 37.5 Å². The van der Waals surface area contributed by atoms with Gasteiger partial charge in [0.2, 0.25) is 10.0 Å². The van der Waals surface area contributed by atoms with E-state index < -0.39 is 10.0 Å². The summed E-state index contributed by atoms with van der Waals surface area (Å²) < 4.78 is 29.2. The molecule has 1 aliphatic carbocycles. The summed E-state index contributed by atoms with van der Waals surface area (Å²) in [5.41, 5.74) is 0.600. The minimum Gasteiger partial charge on any atom is -0.274 e. The molecule has 0 aromatic carbocycles. The van der Waals surface area contributed by atoms with Gasteiger partial charge >= 0.3 is 0 Å². The van der Waals surface area contributed by atoms with Crippen molar-refractivity contribution in [3.05, 3.63) is 16.4 Å². The fourth-order valence-corrected chi connectivity index (χ4v) is 5.75. The van der Waals surface area contributed by atoms with Gasteiger partial charge in [0, 0.05) is 25.8 Å². The Morgan fingerprint density at radius 1 is 1.42 bits per heavy atom. The minimum atomic E-state index is -3.25. The zero-order valence-electron chi connectivity index (χ0n) is 10.9. The van der Waals surface area contributed by atoms with Gasteiger partial charge in [0.25, 0.3) is 0 Å². The molecule has 1 saturated carbocycles. The molecule has 0 radical (unpaired) electrons. The van der Waals surface area contributed by atoms with Crippen molar-refractivity contribution >= 4 is 26.0 Å². The molecule has 0 N–H and O–H groups in total. The van der Waals surface area contributed by atoms with E-state index in [1.54, 1.807) is 22.2 Å². The predicted molar refractivity (Wildman–Crippen MR) is 76.0 cm³/mol. The molecule has 2 fully saturated rings. The van der Waals surface area contributed by atoms with Crippen LogP contribution in [0.5, 0.6) is 0 Å². The molecule has 2 aliphatic rings. The molecule has 0 amide bonds. The van der Waals surface area contributed by atoms with E-state index in [1.807, 2.05) is 0 Å². The van der Waals surface area contributed by atoms with E-state index in [1.165, 1.54) is 6.42 Å². The van der Waals surface area contributed by atoms with Gasteiger partial charge in [0.1, 0.15) is 5.75 Å². The molecule has 1 saturated heterocycles. The van der Waals surface area contributed by atoms with Crippen molar-refractivity contribution in [3.63, 3.8) is 0 Å². The first kappa shape index (κ1) is 13.6. The lowest BCUT2D eigenvalue weighted by Gasteiger charge is -2.32. The van der Waals surface area contributed by atoms with Crippen molar-refractivity contribution in [1.82, 2.24) is 14.1 Å². The Labute approximate surface area is 122 Å². The highest BCUT2D eigenvalue weighted by Crippen LogP contribution is 2.38. The molecule has 1 aliphatic heterocycles. The molecule has 1 aromatic rings. The Kier molecular flexibility index (Phi) is 3.47. The fourth-order valence-electron chi connectivity index (χ4n) is 3.29. The summed E-state index contributed by atoms with van der Waals surface area (Å²) in [7, 11) is -1.46. The van der Waals surface area contributed by atoms with Gasteiger partial charge in [-0.3, -0.25) is 4.68 Å². The molecule has 2 unspecified atom stereocenters. The molecular weight excluding hydrogens is 330 g/mol. The fraction of sp³-hybridized carbons (Fsp3) is 0.750. The van der Waals surface area contributed by atoms with Crippen LogP contribution in [0.3, 0.4) is 0 Å². The Morgan fingerprint density at radius 3 is 2.89 bits per heavy atom. The minimum absolute atomic E-state index is 0.00438. The summed E-state index contributed by atoms with van der Waals surface area (Å²) in [6, 6.07) is 0.228. The molecule has 106 valence electrons. The average Bonchev–Trinajstić information content (AvgIpc) is 2.82. The second kappa shape index (κ2) is 4.86. The van der Waals surface area contributed by atoms with Crippen LogP contribution in [-0.2, 0) is 22.8 Å². The normalized spacial score (nSPS) is 27.9. The zero-order chi connectivity index (χ0) is 13.6. The molecule has 7 heteroatoms. The van der Waals surface area contributed by atoms with Crippen LogP contribution in [0.1, 0.15) is 31.4 Å². The summed E-state index contributed by atoms with van der Waals surface area (Å²) >= 11 is 3.37. The second-order valence-electron chi connectivity index (χ2n) is 5.59. The van der Waals surface area contributed by atoms with Crippen molar-refractivity contribution in [3.8, 4) is 0 Å². The van der Waals surface area contributed by atoms with Gasteiger partial charge < -0.3 is 0 Å². The Hall–Kier alpha value is -0.400. The van der Waals surface area contributed by atoms with Crippen LogP contribution in [0.4, 0.5) is 0 Å². The summed E-state index contributed by atoms with van der Waals surface area (Å²) in [5.74, 6) is 0.744. The van der Waals surface area contributed by atoms with E-state index in [0.717, 1.165) is 29.7 Å². The molecule has 1 aromatic heterocycles. The van der Waals surface area contributed by atoms with E-state index in [4.69, 9.17) is 0 Å². The van der Waals surface area contributed by atoms with E-state index >= 15 is 0 Å². The smallest absolute Gasteiger partial charge is 0.220 e. The molecule has 19 heavy (non-hydrogen) atoms. The van der Waals surface area contributed by atoms with Crippen LogP contribution in [0, 0.1) is 5.92 Å². The maximum Gasteiger partial charge on any atom is 0.220 e. The number of aromatic nitrogens is 2. The van der Waals surface area contributed by atoms with E-state index in [2.05, 4.69) is 21.0 Å². The summed E-state index contributed by atoms with van der Waals surface area (Å²) in [6.45, 7) is 0.683. The number of aryl methyl sites for hydroxylation is 1. The number of hydrogen-bond acceptors (Lipinski definition) is 3. The number of hydrogen-bond donors (Lipinski definition) is 0. The lowest BCUT2D eigenvalue weighted by molar-refractivity contribution is 0.257. The quantitative estimate of drug-likeness (QED) is 0.838. The van der Waals surface area contributed by atoms with Crippen LogP contribution < -0.4 is 0 Å². The van der Waals surface area contributed by atoms with E-state index in [-0.39, 0.29) is 11.8 Å². The van der Waals surface area contributed by atoms with Crippen LogP contribution in [0.25, 0.3) is 0 Å². The van der Waals surface area contributed by atoms with Crippen molar-refractivity contribution in [2.24, 2.45) is 13.0 Å². The van der Waals surface area contributed by atoms with Crippen LogP contribution in [0.2, 0.25) is 0 Å². The number of nitrogens with zero attached hydrogens (tertiary/aromatic N) is 3. The van der Waals surface area contributed by atoms with Gasteiger partial charge in [-0.2, -0.15) is 9.40 Å². The molecule has 5 nitrogen and oxygen atoms in total. The van der Waals surface area contributed by atoms with Gasteiger partial charge in [-0.15, -0.1) is 0 Å². The predicted octanol–water partition coefficient (Wildman–Crippen LogP) is 1.89. The van der Waals surface area contributed by atoms with Crippen LogP contribution in [-0.4, -0.2) is 35.1 Å². The third-order valence-electron chi connectivity index (χ3n) is 4.21. The van der Waals surface area contributed by atoms with Gasteiger partial charge in [-0.25, -0.2) is 8.42 Å². The molecule has 2 heterocycles. The van der Waals surface area contributed by atoms with Crippen molar-refractivity contribution < 1.29 is 8.42 Å². The molecule has 0 spiro atoms. The maximum absolute atomic E-state index is 12.6. The van der Waals surface area contributed by atoms with E-state index in [0.29, 0.717) is 12.2 Å². The van der Waals surface area contributed by atoms with Crippen molar-refractivity contribution in [1.29, 1.82) is 0 Å². The van der Waals surface area contributed by atoms with Gasteiger partial charge in [-0.1, -0.05) is 0 Å². The first-order valence-electron chi connectivity index (χ1n) is 6.63. The second-order valence-corrected chi connectivity index (χ2v) is 8.36. The van der Waals surface area contributed by atoms with Gasteiger partial charge in [0.05, 0.1) is 10.2 Å². The molecule has 2 bridgehead atoms. The highest BCUT2D eigenvalue weighted by Gasteiger charge is 2.40. The van der Waals surface area contributed by atoms with Crippen LogP contribution >= 0.6 is 15.9 Å². The third-order valence-corrected chi connectivity index (χ3v) is 6.71. The van der Waals surface area contributed by atoms with E-state index in [9.17, 15) is 8.42 Å². The number of fused-ring (bicyclic) bond motifs is 2. The summed E-state index contributed by atoms with van der Waals surface area (Å²) in [5, 5.41) is 4.22.